The SMILES string of the molecule is CC(Oc1cccc(C(C)(C)C)c1)C(=O)N1CCCC(C(=O)Nc2nccs2)C1. The van der Waals surface area contributed by atoms with Crippen molar-refractivity contribution in [2.24, 2.45) is 5.92 Å². The Hall–Kier alpha value is -2.41. The Morgan fingerprint density at radius 2 is 2.14 bits per heavy atom. The van der Waals surface area contributed by atoms with E-state index < -0.39 is 6.10 Å². The van der Waals surface area contributed by atoms with E-state index in [-0.39, 0.29) is 23.1 Å². The van der Waals surface area contributed by atoms with Crippen molar-refractivity contribution in [3.8, 4) is 5.75 Å². The van der Waals surface area contributed by atoms with Gasteiger partial charge in [-0.15, -0.1) is 11.3 Å². The molecule has 0 aliphatic carbocycles. The lowest BCUT2D eigenvalue weighted by Crippen LogP contribution is -2.48. The number of likely N-dealkylation sites (tertiary alicyclic amines) is 1. The first-order valence-corrected chi connectivity index (χ1v) is 10.9. The summed E-state index contributed by atoms with van der Waals surface area (Å²) in [5.41, 5.74) is 1.17. The number of piperidine rings is 1. The van der Waals surface area contributed by atoms with Crippen molar-refractivity contribution in [3.63, 3.8) is 0 Å². The molecule has 1 aromatic carbocycles. The third kappa shape index (κ3) is 5.56. The van der Waals surface area contributed by atoms with Gasteiger partial charge in [0.25, 0.3) is 5.91 Å². The van der Waals surface area contributed by atoms with Crippen molar-refractivity contribution < 1.29 is 14.3 Å². The number of rotatable bonds is 5. The smallest absolute Gasteiger partial charge is 0.263 e. The third-order valence-corrected chi connectivity index (χ3v) is 5.82. The molecule has 0 saturated carbocycles. The van der Waals surface area contributed by atoms with Crippen LogP contribution >= 0.6 is 11.3 Å². The molecule has 0 bridgehead atoms. The monoisotopic (exact) mass is 415 g/mol. The van der Waals surface area contributed by atoms with E-state index in [2.05, 4.69) is 37.1 Å². The van der Waals surface area contributed by atoms with Gasteiger partial charge in [0.2, 0.25) is 5.91 Å². The van der Waals surface area contributed by atoms with Gasteiger partial charge in [-0.2, -0.15) is 0 Å². The van der Waals surface area contributed by atoms with E-state index in [9.17, 15) is 9.59 Å². The normalized spacial score (nSPS) is 18.2. The fourth-order valence-corrected chi connectivity index (χ4v) is 3.96. The summed E-state index contributed by atoms with van der Waals surface area (Å²) in [5, 5.41) is 5.25. The Bertz CT molecular complexity index is 845. The summed E-state index contributed by atoms with van der Waals surface area (Å²) in [7, 11) is 0. The summed E-state index contributed by atoms with van der Waals surface area (Å²) in [4.78, 5) is 31.3. The molecule has 6 nitrogen and oxygen atoms in total. The molecule has 1 aromatic heterocycles. The molecule has 1 saturated heterocycles. The van der Waals surface area contributed by atoms with Gasteiger partial charge in [0.1, 0.15) is 5.75 Å². The van der Waals surface area contributed by atoms with Crippen LogP contribution in [0, 0.1) is 5.92 Å². The summed E-state index contributed by atoms with van der Waals surface area (Å²) in [6, 6.07) is 7.88. The summed E-state index contributed by atoms with van der Waals surface area (Å²) >= 11 is 1.39. The second-order valence-electron chi connectivity index (χ2n) is 8.49. The summed E-state index contributed by atoms with van der Waals surface area (Å²) in [5.74, 6) is 0.295. The Labute approximate surface area is 176 Å². The minimum atomic E-state index is -0.606. The molecule has 2 unspecified atom stereocenters. The van der Waals surface area contributed by atoms with Crippen LogP contribution in [0.5, 0.6) is 5.75 Å². The Morgan fingerprint density at radius 3 is 2.83 bits per heavy atom. The van der Waals surface area contributed by atoms with Crippen LogP contribution in [0.4, 0.5) is 5.13 Å². The van der Waals surface area contributed by atoms with Crippen LogP contribution in [-0.2, 0) is 15.0 Å². The van der Waals surface area contributed by atoms with E-state index in [0.29, 0.717) is 24.0 Å². The molecule has 3 rings (SSSR count). The van der Waals surface area contributed by atoms with Gasteiger partial charge in [-0.05, 0) is 42.9 Å². The molecular weight excluding hydrogens is 386 g/mol. The van der Waals surface area contributed by atoms with Crippen LogP contribution in [0.3, 0.4) is 0 Å². The highest BCUT2D eigenvalue weighted by Gasteiger charge is 2.31. The lowest BCUT2D eigenvalue weighted by Gasteiger charge is -2.33. The number of carbonyl (C=O) groups is 2. The lowest BCUT2D eigenvalue weighted by atomic mass is 9.87. The predicted octanol–water partition coefficient (Wildman–Crippen LogP) is 4.09. The maximum Gasteiger partial charge on any atom is 0.263 e. The number of nitrogens with zero attached hydrogens (tertiary/aromatic N) is 2. The van der Waals surface area contributed by atoms with Crippen LogP contribution in [0.25, 0.3) is 0 Å². The van der Waals surface area contributed by atoms with Crippen molar-refractivity contribution in [3.05, 3.63) is 41.4 Å². The molecule has 2 heterocycles. The number of ether oxygens (including phenoxy) is 1. The van der Waals surface area contributed by atoms with E-state index >= 15 is 0 Å². The number of amides is 2. The van der Waals surface area contributed by atoms with Gasteiger partial charge in [-0.1, -0.05) is 32.9 Å². The van der Waals surface area contributed by atoms with Crippen LogP contribution in [0.1, 0.15) is 46.1 Å². The molecule has 1 aliphatic heterocycles. The molecule has 1 fully saturated rings. The second kappa shape index (κ2) is 8.95. The van der Waals surface area contributed by atoms with Crippen LogP contribution in [-0.4, -0.2) is 40.9 Å². The van der Waals surface area contributed by atoms with Crippen LogP contribution in [0.2, 0.25) is 0 Å². The number of aromatic nitrogens is 1. The van der Waals surface area contributed by atoms with E-state index in [4.69, 9.17) is 4.74 Å². The topological polar surface area (TPSA) is 71.5 Å². The van der Waals surface area contributed by atoms with Gasteiger partial charge in [0.15, 0.2) is 11.2 Å². The molecule has 1 N–H and O–H groups in total. The standard InChI is InChI=1S/C22H29N3O3S/c1-15(28-18-9-5-8-17(13-18)22(2,3)4)20(27)25-11-6-7-16(14-25)19(26)24-21-23-10-12-29-21/h5,8-10,12-13,15-16H,6-7,11,14H2,1-4H3,(H,23,24,26). The molecule has 2 aromatic rings. The van der Waals surface area contributed by atoms with Gasteiger partial charge >= 0.3 is 0 Å². The first-order chi connectivity index (χ1) is 13.7. The van der Waals surface area contributed by atoms with E-state index in [1.807, 2.05) is 23.6 Å². The Kier molecular flexibility index (Phi) is 6.57. The highest BCUT2D eigenvalue weighted by atomic mass is 32.1. The van der Waals surface area contributed by atoms with E-state index in [1.165, 1.54) is 11.3 Å². The quantitative estimate of drug-likeness (QED) is 0.799. The number of thiazole rings is 1. The second-order valence-corrected chi connectivity index (χ2v) is 9.38. The highest BCUT2D eigenvalue weighted by Crippen LogP contribution is 2.27. The average Bonchev–Trinajstić information content (AvgIpc) is 3.20. The predicted molar refractivity (Wildman–Crippen MR) is 115 cm³/mol. The fraction of sp³-hybridized carbons (Fsp3) is 0.500. The first-order valence-electron chi connectivity index (χ1n) is 10.0. The average molecular weight is 416 g/mol. The Morgan fingerprint density at radius 1 is 1.34 bits per heavy atom. The van der Waals surface area contributed by atoms with Crippen molar-refractivity contribution in [1.29, 1.82) is 0 Å². The van der Waals surface area contributed by atoms with E-state index in [1.54, 1.807) is 18.0 Å². The molecule has 2 atom stereocenters. The maximum atomic E-state index is 12.9. The summed E-state index contributed by atoms with van der Waals surface area (Å²) in [6.45, 7) is 9.26. The zero-order valence-electron chi connectivity index (χ0n) is 17.5. The fourth-order valence-electron chi connectivity index (χ4n) is 3.43. The number of hydrogen-bond donors (Lipinski definition) is 1. The van der Waals surface area contributed by atoms with Gasteiger partial charge in [0.05, 0.1) is 5.92 Å². The molecule has 0 radical (unpaired) electrons. The lowest BCUT2D eigenvalue weighted by molar-refractivity contribution is -0.140. The molecule has 7 heteroatoms. The number of carbonyl (C=O) groups excluding carboxylic acids is 2. The number of anilines is 1. The third-order valence-electron chi connectivity index (χ3n) is 5.13. The van der Waals surface area contributed by atoms with Gasteiger partial charge < -0.3 is 15.0 Å². The van der Waals surface area contributed by atoms with Crippen molar-refractivity contribution in [1.82, 2.24) is 9.88 Å². The summed E-state index contributed by atoms with van der Waals surface area (Å²) in [6.07, 6.45) is 2.62. The maximum absolute atomic E-state index is 12.9. The molecule has 1 aliphatic rings. The first kappa shape index (κ1) is 21.3. The van der Waals surface area contributed by atoms with E-state index in [0.717, 1.165) is 18.4 Å². The zero-order valence-corrected chi connectivity index (χ0v) is 18.3. The van der Waals surface area contributed by atoms with Crippen LogP contribution in [0.15, 0.2) is 35.8 Å². The molecular formula is C22H29N3O3S. The number of nitrogens with one attached hydrogen (secondary N) is 1. The van der Waals surface area contributed by atoms with Crippen LogP contribution < -0.4 is 10.1 Å². The minimum Gasteiger partial charge on any atom is -0.481 e. The molecule has 2 amide bonds. The minimum absolute atomic E-state index is 0.0114. The Balaban J connectivity index is 1.59. The van der Waals surface area contributed by atoms with Gasteiger partial charge in [0, 0.05) is 24.7 Å². The van der Waals surface area contributed by atoms with Crippen molar-refractivity contribution in [2.75, 3.05) is 18.4 Å². The molecule has 29 heavy (non-hydrogen) atoms. The van der Waals surface area contributed by atoms with Gasteiger partial charge in [-0.25, -0.2) is 4.98 Å². The molecule has 0 spiro atoms. The van der Waals surface area contributed by atoms with Crippen molar-refractivity contribution >= 4 is 28.3 Å². The zero-order chi connectivity index (χ0) is 21.0. The van der Waals surface area contributed by atoms with Gasteiger partial charge in [-0.3, -0.25) is 9.59 Å². The summed E-state index contributed by atoms with van der Waals surface area (Å²) < 4.78 is 5.95. The number of benzene rings is 1. The largest absolute Gasteiger partial charge is 0.481 e. The highest BCUT2D eigenvalue weighted by molar-refractivity contribution is 7.13. The van der Waals surface area contributed by atoms with Crippen molar-refractivity contribution in [2.45, 2.75) is 52.1 Å². The molecule has 156 valence electrons. The number of hydrogen-bond acceptors (Lipinski definition) is 5.